The molecule has 0 aromatic carbocycles. The van der Waals surface area contributed by atoms with E-state index in [0.29, 0.717) is 12.3 Å². The maximum atomic E-state index is 12.6. The summed E-state index contributed by atoms with van der Waals surface area (Å²) in [4.78, 5) is 34.6. The number of ether oxygens (including phenoxy) is 1. The van der Waals surface area contributed by atoms with Gasteiger partial charge in [0.25, 0.3) is 0 Å². The van der Waals surface area contributed by atoms with Crippen LogP contribution in [0.1, 0.15) is 73.1 Å². The van der Waals surface area contributed by atoms with E-state index in [0.717, 1.165) is 32.1 Å². The average molecular weight is 441 g/mol. The second-order valence-electron chi connectivity index (χ2n) is 8.64. The molecule has 1 rings (SSSR count). The average Bonchev–Trinajstić information content (AvgIpc) is 2.57. The van der Waals surface area contributed by atoms with Crippen LogP contribution in [0.2, 0.25) is 0 Å². The summed E-state index contributed by atoms with van der Waals surface area (Å²) in [6, 6.07) is -0.713. The zero-order valence-corrected chi connectivity index (χ0v) is 20.2. The van der Waals surface area contributed by atoms with E-state index in [1.807, 2.05) is 13.8 Å². The number of carbonyl (C=O) groups excluding carboxylic acids is 1. The van der Waals surface area contributed by atoms with Crippen LogP contribution >= 0.6 is 0 Å². The molecule has 0 radical (unpaired) electrons. The molecule has 1 fully saturated rings. The Kier molecular flexibility index (Phi) is 13.3. The standard InChI is InChI=1S/C20H35NO8.Na.H/c1-12(2)8-15(22)18(14(21)9-13-6-4-3-5-7-13)29-19(27)20(28,10-16(23)24)11-17(25)26;;/h12-15,18,22,28H,3-11,21H2,1-2H3,(H,23,24)(H,25,26);;/q;+1;-1/t14-,15-,18+;;/m0../s1. The number of aliphatic hydroxyl groups is 2. The molecule has 30 heavy (non-hydrogen) atoms. The number of aliphatic carboxylic acids is 2. The molecular weight excluding hydrogens is 405 g/mol. The Morgan fingerprint density at radius 3 is 2.03 bits per heavy atom. The Morgan fingerprint density at radius 1 is 1.10 bits per heavy atom. The molecule has 0 aliphatic heterocycles. The fourth-order valence-corrected chi connectivity index (χ4v) is 3.95. The van der Waals surface area contributed by atoms with Gasteiger partial charge in [-0.3, -0.25) is 9.59 Å². The van der Waals surface area contributed by atoms with Crippen molar-refractivity contribution >= 4 is 17.9 Å². The zero-order valence-electron chi connectivity index (χ0n) is 19.2. The molecule has 6 N–H and O–H groups in total. The van der Waals surface area contributed by atoms with Crippen molar-refractivity contribution in [1.82, 2.24) is 0 Å². The third kappa shape index (κ3) is 10.1. The molecule has 9 nitrogen and oxygen atoms in total. The molecule has 0 bridgehead atoms. The van der Waals surface area contributed by atoms with Crippen LogP contribution in [0.25, 0.3) is 0 Å². The van der Waals surface area contributed by atoms with E-state index in [9.17, 15) is 24.6 Å². The van der Waals surface area contributed by atoms with Gasteiger partial charge in [-0.2, -0.15) is 0 Å². The van der Waals surface area contributed by atoms with E-state index < -0.39 is 54.6 Å². The first-order chi connectivity index (χ1) is 13.4. The minimum Gasteiger partial charge on any atom is -1.00 e. The van der Waals surface area contributed by atoms with E-state index in [-0.39, 0.29) is 43.3 Å². The maximum Gasteiger partial charge on any atom is 1.00 e. The van der Waals surface area contributed by atoms with Gasteiger partial charge in [0.05, 0.1) is 18.9 Å². The largest absolute Gasteiger partial charge is 1.00 e. The predicted molar refractivity (Wildman–Crippen MR) is 105 cm³/mol. The quantitative estimate of drug-likeness (QED) is 0.177. The first-order valence-corrected chi connectivity index (χ1v) is 10.2. The van der Waals surface area contributed by atoms with Gasteiger partial charge in [-0.25, -0.2) is 4.79 Å². The van der Waals surface area contributed by atoms with Gasteiger partial charge in [0.2, 0.25) is 0 Å². The number of esters is 1. The van der Waals surface area contributed by atoms with Gasteiger partial charge in [0.15, 0.2) is 5.60 Å². The second-order valence-corrected chi connectivity index (χ2v) is 8.64. The molecule has 0 heterocycles. The third-order valence-corrected chi connectivity index (χ3v) is 5.35. The van der Waals surface area contributed by atoms with Crippen molar-refractivity contribution in [2.24, 2.45) is 17.6 Å². The Bertz CT molecular complexity index is 555. The molecule has 0 aromatic heterocycles. The van der Waals surface area contributed by atoms with Crippen LogP contribution in [0.4, 0.5) is 0 Å². The summed E-state index contributed by atoms with van der Waals surface area (Å²) in [5.74, 6) is -4.07. The second kappa shape index (κ2) is 13.6. The van der Waals surface area contributed by atoms with Crippen LogP contribution in [-0.2, 0) is 19.1 Å². The fraction of sp³-hybridized carbons (Fsp3) is 0.850. The van der Waals surface area contributed by atoms with E-state index in [1.165, 1.54) is 0 Å². The van der Waals surface area contributed by atoms with Crippen molar-refractivity contribution in [2.45, 2.75) is 95.5 Å². The van der Waals surface area contributed by atoms with Gasteiger partial charge in [-0.1, -0.05) is 46.0 Å². The molecule has 0 saturated heterocycles. The first kappa shape index (κ1) is 29.3. The first-order valence-electron chi connectivity index (χ1n) is 10.2. The summed E-state index contributed by atoms with van der Waals surface area (Å²) < 4.78 is 5.29. The van der Waals surface area contributed by atoms with Gasteiger partial charge in [-0.05, 0) is 24.7 Å². The van der Waals surface area contributed by atoms with Crippen LogP contribution in [0.3, 0.4) is 0 Å². The number of carboxylic acids is 2. The summed E-state index contributed by atoms with van der Waals surface area (Å²) >= 11 is 0. The summed E-state index contributed by atoms with van der Waals surface area (Å²) in [6.45, 7) is 3.75. The molecule has 10 heteroatoms. The van der Waals surface area contributed by atoms with Crippen molar-refractivity contribution in [3.05, 3.63) is 0 Å². The number of hydrogen-bond acceptors (Lipinski definition) is 7. The Morgan fingerprint density at radius 2 is 1.60 bits per heavy atom. The summed E-state index contributed by atoms with van der Waals surface area (Å²) in [7, 11) is 0. The molecule has 1 aliphatic rings. The molecule has 1 aliphatic carbocycles. The monoisotopic (exact) mass is 441 g/mol. The number of rotatable bonds is 12. The Labute approximate surface area is 201 Å². The van der Waals surface area contributed by atoms with Crippen LogP contribution in [0.15, 0.2) is 0 Å². The summed E-state index contributed by atoms with van der Waals surface area (Å²) in [5, 5.41) is 38.9. The van der Waals surface area contributed by atoms with E-state index in [4.69, 9.17) is 20.7 Å². The maximum absolute atomic E-state index is 12.6. The molecule has 0 spiro atoms. The number of carboxylic acid groups (broad SMARTS) is 2. The molecule has 170 valence electrons. The van der Waals surface area contributed by atoms with Gasteiger partial charge >= 0.3 is 47.5 Å². The molecule has 3 atom stereocenters. The smallest absolute Gasteiger partial charge is 1.00 e. The molecule has 0 aromatic rings. The van der Waals surface area contributed by atoms with Crippen molar-refractivity contribution in [1.29, 1.82) is 0 Å². The number of carbonyl (C=O) groups is 3. The molecule has 0 amide bonds. The predicted octanol–water partition coefficient (Wildman–Crippen LogP) is -1.60. The van der Waals surface area contributed by atoms with Crippen molar-refractivity contribution < 1.29 is 70.5 Å². The number of nitrogens with two attached hydrogens (primary N) is 1. The normalized spacial score (nSPS) is 18.2. The van der Waals surface area contributed by atoms with Crippen molar-refractivity contribution in [2.75, 3.05) is 0 Å². The van der Waals surface area contributed by atoms with Gasteiger partial charge in [0, 0.05) is 6.04 Å². The fourth-order valence-electron chi connectivity index (χ4n) is 3.95. The van der Waals surface area contributed by atoms with Crippen LogP contribution in [-0.4, -0.2) is 62.2 Å². The topological polar surface area (TPSA) is 167 Å². The van der Waals surface area contributed by atoms with Crippen molar-refractivity contribution in [3.63, 3.8) is 0 Å². The van der Waals surface area contributed by atoms with Crippen LogP contribution in [0.5, 0.6) is 0 Å². The molecule has 0 unspecified atom stereocenters. The zero-order chi connectivity index (χ0) is 22.2. The minimum atomic E-state index is -2.74. The van der Waals surface area contributed by atoms with E-state index in [1.54, 1.807) is 0 Å². The third-order valence-electron chi connectivity index (χ3n) is 5.35. The van der Waals surface area contributed by atoms with Gasteiger partial charge < -0.3 is 32.3 Å². The van der Waals surface area contributed by atoms with Crippen LogP contribution in [0, 0.1) is 11.8 Å². The number of hydrogen-bond donors (Lipinski definition) is 5. The van der Waals surface area contributed by atoms with Crippen molar-refractivity contribution in [3.8, 4) is 0 Å². The molecular formula is C20H36NNaO8. The SMILES string of the molecule is CC(C)C[C@H](O)[C@H](OC(=O)C(O)(CC(=O)O)CC(=O)O)[C@@H](N)CC1CCCCC1.[H-].[Na+]. The van der Waals surface area contributed by atoms with Crippen LogP contribution < -0.4 is 35.3 Å². The van der Waals surface area contributed by atoms with E-state index >= 15 is 0 Å². The van der Waals surface area contributed by atoms with Gasteiger partial charge in [0.1, 0.15) is 6.10 Å². The Hall–Kier alpha value is -0.710. The molecule has 1 saturated carbocycles. The number of aliphatic hydroxyl groups excluding tert-OH is 1. The summed E-state index contributed by atoms with van der Waals surface area (Å²) in [5.41, 5.74) is 3.53. The summed E-state index contributed by atoms with van der Waals surface area (Å²) in [6.07, 6.45) is 1.62. The van der Waals surface area contributed by atoms with Gasteiger partial charge in [-0.15, -0.1) is 0 Å². The van der Waals surface area contributed by atoms with E-state index in [2.05, 4.69) is 0 Å². The Balaban J connectivity index is 0. The minimum absolute atomic E-state index is 0.